The van der Waals surface area contributed by atoms with Crippen LogP contribution in [0.15, 0.2) is 29.1 Å². The van der Waals surface area contributed by atoms with Crippen LogP contribution in [0.4, 0.5) is 0 Å². The van der Waals surface area contributed by atoms with Gasteiger partial charge in [-0.3, -0.25) is 0 Å². The molecule has 1 aliphatic heterocycles. The second kappa shape index (κ2) is 3.11. The average molecular weight is 167 g/mol. The van der Waals surface area contributed by atoms with Crippen LogP contribution in [-0.2, 0) is 0 Å². The lowest BCUT2D eigenvalue weighted by Gasteiger charge is -2.16. The largest absolute Gasteiger partial charge is 0.493 e. The van der Waals surface area contributed by atoms with Crippen molar-refractivity contribution in [2.45, 2.75) is 20.0 Å². The van der Waals surface area contributed by atoms with Gasteiger partial charge in [-0.05, 0) is 6.08 Å². The van der Waals surface area contributed by atoms with E-state index in [1.54, 1.807) is 12.2 Å². The van der Waals surface area contributed by atoms with Gasteiger partial charge in [0.25, 0.3) is 0 Å². The molecule has 3 nitrogen and oxygen atoms in total. The van der Waals surface area contributed by atoms with E-state index in [0.717, 1.165) is 0 Å². The van der Waals surface area contributed by atoms with E-state index in [4.69, 9.17) is 0 Å². The van der Waals surface area contributed by atoms with E-state index in [2.05, 4.69) is 4.99 Å². The Hall–Kier alpha value is -1.09. The number of aliphatic hydroxyl groups is 2. The predicted molar refractivity (Wildman–Crippen MR) is 48.1 cm³/mol. The van der Waals surface area contributed by atoms with Crippen LogP contribution in [0.25, 0.3) is 0 Å². The molecule has 1 unspecified atom stereocenters. The molecule has 1 aliphatic rings. The summed E-state index contributed by atoms with van der Waals surface area (Å²) in [4.78, 5) is 3.65. The van der Waals surface area contributed by atoms with Crippen molar-refractivity contribution in [1.82, 2.24) is 0 Å². The molecule has 0 amide bonds. The van der Waals surface area contributed by atoms with Gasteiger partial charge in [-0.25, -0.2) is 4.99 Å². The molecule has 0 bridgehead atoms. The van der Waals surface area contributed by atoms with Crippen molar-refractivity contribution < 1.29 is 10.2 Å². The standard InChI is InChI=1S/C9H13NO2/c1-9(2)4-3-7(11)6-10-8(12)5-9/h3-7,11-12H,1-2H3/b4-3-,8-5+,10-6-. The van der Waals surface area contributed by atoms with Gasteiger partial charge in [0.2, 0.25) is 5.88 Å². The first-order valence-electron chi connectivity index (χ1n) is 3.83. The van der Waals surface area contributed by atoms with Gasteiger partial charge in [0.1, 0.15) is 6.10 Å². The van der Waals surface area contributed by atoms with Gasteiger partial charge in [-0.15, -0.1) is 0 Å². The van der Waals surface area contributed by atoms with Crippen LogP contribution in [0.5, 0.6) is 0 Å². The first kappa shape index (κ1) is 9.00. The first-order valence-corrected chi connectivity index (χ1v) is 3.83. The van der Waals surface area contributed by atoms with Crippen LogP contribution in [-0.4, -0.2) is 22.5 Å². The highest BCUT2D eigenvalue weighted by Crippen LogP contribution is 2.22. The Morgan fingerprint density at radius 1 is 1.50 bits per heavy atom. The van der Waals surface area contributed by atoms with Gasteiger partial charge < -0.3 is 10.2 Å². The molecule has 1 atom stereocenters. The number of nitrogens with zero attached hydrogens (tertiary/aromatic N) is 1. The number of allylic oxidation sites excluding steroid dienone is 2. The van der Waals surface area contributed by atoms with Crippen LogP contribution in [0.1, 0.15) is 13.8 Å². The smallest absolute Gasteiger partial charge is 0.207 e. The Morgan fingerprint density at radius 2 is 2.17 bits per heavy atom. The van der Waals surface area contributed by atoms with Crippen LogP contribution in [0.3, 0.4) is 0 Å². The molecular weight excluding hydrogens is 154 g/mol. The van der Waals surface area contributed by atoms with Gasteiger partial charge in [-0.1, -0.05) is 26.0 Å². The molecule has 0 spiro atoms. The molecule has 0 fully saturated rings. The minimum Gasteiger partial charge on any atom is -0.493 e. The molecule has 0 saturated carbocycles. The van der Waals surface area contributed by atoms with E-state index in [0.29, 0.717) is 0 Å². The molecule has 0 radical (unpaired) electrons. The molecular formula is C9H13NO2. The third-order valence-corrected chi connectivity index (χ3v) is 1.58. The zero-order chi connectivity index (χ0) is 9.19. The molecule has 3 heteroatoms. The molecule has 0 saturated heterocycles. The Labute approximate surface area is 71.8 Å². The van der Waals surface area contributed by atoms with Crippen LogP contribution in [0, 0.1) is 5.41 Å². The van der Waals surface area contributed by atoms with E-state index < -0.39 is 6.10 Å². The third-order valence-electron chi connectivity index (χ3n) is 1.58. The minimum absolute atomic E-state index is 0.0524. The molecule has 1 rings (SSSR count). The van der Waals surface area contributed by atoms with Gasteiger partial charge in [0.05, 0.1) is 0 Å². The summed E-state index contributed by atoms with van der Waals surface area (Å²) in [6, 6.07) is 0. The fourth-order valence-corrected chi connectivity index (χ4v) is 0.967. The lowest BCUT2D eigenvalue weighted by molar-refractivity contribution is 0.289. The maximum atomic E-state index is 9.19. The van der Waals surface area contributed by atoms with Crippen LogP contribution in [0.2, 0.25) is 0 Å². The topological polar surface area (TPSA) is 52.8 Å². The molecule has 1 heterocycles. The van der Waals surface area contributed by atoms with Gasteiger partial charge in [0, 0.05) is 11.6 Å². The minimum atomic E-state index is -0.708. The van der Waals surface area contributed by atoms with Crippen molar-refractivity contribution in [3.8, 4) is 0 Å². The number of hydrogen-bond donors (Lipinski definition) is 2. The Bertz CT molecular complexity index is 251. The summed E-state index contributed by atoms with van der Waals surface area (Å²) in [5, 5.41) is 18.4. The maximum absolute atomic E-state index is 9.19. The number of aliphatic hydroxyl groups excluding tert-OH is 2. The zero-order valence-electron chi connectivity index (χ0n) is 7.23. The van der Waals surface area contributed by atoms with Crippen molar-refractivity contribution in [2.24, 2.45) is 10.4 Å². The highest BCUT2D eigenvalue weighted by Gasteiger charge is 2.13. The van der Waals surface area contributed by atoms with E-state index >= 15 is 0 Å². The fourth-order valence-electron chi connectivity index (χ4n) is 0.967. The van der Waals surface area contributed by atoms with Gasteiger partial charge in [0.15, 0.2) is 0 Å². The van der Waals surface area contributed by atoms with E-state index in [1.165, 1.54) is 6.21 Å². The average Bonchev–Trinajstić information content (AvgIpc) is 1.95. The van der Waals surface area contributed by atoms with Crippen molar-refractivity contribution in [3.63, 3.8) is 0 Å². The van der Waals surface area contributed by atoms with Crippen molar-refractivity contribution >= 4 is 6.21 Å². The summed E-state index contributed by atoms with van der Waals surface area (Å²) in [5.41, 5.74) is -0.261. The lowest BCUT2D eigenvalue weighted by Crippen LogP contribution is -2.11. The summed E-state index contributed by atoms with van der Waals surface area (Å²) in [6.07, 6.45) is 5.69. The molecule has 0 aromatic carbocycles. The molecule has 66 valence electrons. The normalized spacial score (nSPS) is 37.2. The highest BCUT2D eigenvalue weighted by molar-refractivity contribution is 5.66. The summed E-state index contributed by atoms with van der Waals surface area (Å²) < 4.78 is 0. The summed E-state index contributed by atoms with van der Waals surface area (Å²) in [7, 11) is 0. The Morgan fingerprint density at radius 3 is 2.83 bits per heavy atom. The van der Waals surface area contributed by atoms with E-state index in [1.807, 2.05) is 19.9 Å². The molecule has 0 aromatic heterocycles. The number of hydrogen-bond acceptors (Lipinski definition) is 3. The van der Waals surface area contributed by atoms with Crippen LogP contribution < -0.4 is 0 Å². The number of rotatable bonds is 0. The third kappa shape index (κ3) is 2.51. The van der Waals surface area contributed by atoms with E-state index in [9.17, 15) is 10.2 Å². The monoisotopic (exact) mass is 167 g/mol. The SMILES string of the molecule is CC1(C)/C=C\C(O)/C=N\C(O)=C/1. The second-order valence-corrected chi connectivity index (χ2v) is 3.45. The number of aliphatic imine (C=N–C) groups is 1. The fraction of sp³-hybridized carbons (Fsp3) is 0.444. The maximum Gasteiger partial charge on any atom is 0.207 e. The zero-order valence-corrected chi connectivity index (χ0v) is 7.23. The van der Waals surface area contributed by atoms with E-state index in [-0.39, 0.29) is 11.3 Å². The predicted octanol–water partition coefficient (Wildman–Crippen LogP) is 1.41. The summed E-state index contributed by atoms with van der Waals surface area (Å²) >= 11 is 0. The highest BCUT2D eigenvalue weighted by atomic mass is 16.3. The first-order chi connectivity index (χ1) is 5.49. The van der Waals surface area contributed by atoms with Crippen molar-refractivity contribution in [1.29, 1.82) is 0 Å². The van der Waals surface area contributed by atoms with Gasteiger partial charge >= 0.3 is 0 Å². The lowest BCUT2D eigenvalue weighted by atomic mass is 9.92. The summed E-state index contributed by atoms with van der Waals surface area (Å²) in [5.74, 6) is -0.0524. The van der Waals surface area contributed by atoms with Crippen molar-refractivity contribution in [3.05, 3.63) is 24.1 Å². The Balaban J connectivity index is 2.98. The molecule has 0 aromatic rings. The quantitative estimate of drug-likeness (QED) is 0.536. The van der Waals surface area contributed by atoms with Gasteiger partial charge in [-0.2, -0.15) is 0 Å². The molecule has 2 N–H and O–H groups in total. The second-order valence-electron chi connectivity index (χ2n) is 3.45. The Kier molecular flexibility index (Phi) is 2.33. The van der Waals surface area contributed by atoms with Crippen LogP contribution >= 0.6 is 0 Å². The molecule has 0 aliphatic carbocycles. The summed E-state index contributed by atoms with van der Waals surface area (Å²) in [6.45, 7) is 3.85. The molecule has 12 heavy (non-hydrogen) atoms. The van der Waals surface area contributed by atoms with Crippen molar-refractivity contribution in [2.75, 3.05) is 0 Å².